The molecule has 1 aromatic heterocycles. The molecular formula is C28H28N4O3S. The van der Waals surface area contributed by atoms with E-state index in [1.54, 1.807) is 75.5 Å². The highest BCUT2D eigenvalue weighted by atomic mass is 32.2. The largest absolute Gasteiger partial charge is 0.307 e. The average Bonchev–Trinajstić information content (AvgIpc) is 3.33. The molecule has 36 heavy (non-hydrogen) atoms. The van der Waals surface area contributed by atoms with E-state index in [1.807, 2.05) is 12.1 Å². The molecule has 0 aliphatic heterocycles. The number of carbonyl (C=O) groups excluding carboxylic acids is 1. The molecule has 1 heterocycles. The van der Waals surface area contributed by atoms with E-state index in [1.165, 1.54) is 0 Å². The van der Waals surface area contributed by atoms with Gasteiger partial charge in [0, 0.05) is 28.4 Å². The van der Waals surface area contributed by atoms with E-state index in [2.05, 4.69) is 21.1 Å². The van der Waals surface area contributed by atoms with Crippen LogP contribution in [0.25, 0.3) is 16.7 Å². The molecule has 0 fully saturated rings. The van der Waals surface area contributed by atoms with Gasteiger partial charge in [-0.1, -0.05) is 30.3 Å². The van der Waals surface area contributed by atoms with Crippen molar-refractivity contribution < 1.29 is 13.2 Å². The Morgan fingerprint density at radius 3 is 2.47 bits per heavy atom. The predicted molar refractivity (Wildman–Crippen MR) is 140 cm³/mol. The van der Waals surface area contributed by atoms with Crippen molar-refractivity contribution in [2.75, 3.05) is 5.32 Å². The SMILES string of the molecule is CC(C)(C)NS(=O)(=O)c1ccccc1-c1ccc(NC(=O)C2=C(c3cccc(C#N)c3)CCC2)nc1. The third-order valence-corrected chi connectivity index (χ3v) is 7.58. The van der Waals surface area contributed by atoms with Crippen LogP contribution in [0.15, 0.2) is 77.3 Å². The summed E-state index contributed by atoms with van der Waals surface area (Å²) in [6.45, 7) is 5.37. The zero-order valence-electron chi connectivity index (χ0n) is 20.5. The van der Waals surface area contributed by atoms with E-state index < -0.39 is 15.6 Å². The highest BCUT2D eigenvalue weighted by molar-refractivity contribution is 7.89. The van der Waals surface area contributed by atoms with Gasteiger partial charge in [0.15, 0.2) is 0 Å². The molecule has 8 heteroatoms. The summed E-state index contributed by atoms with van der Waals surface area (Å²) in [5, 5.41) is 12.1. The van der Waals surface area contributed by atoms with Crippen molar-refractivity contribution in [3.05, 3.63) is 83.6 Å². The van der Waals surface area contributed by atoms with Gasteiger partial charge in [-0.3, -0.25) is 4.79 Å². The molecule has 0 saturated heterocycles. The van der Waals surface area contributed by atoms with Crippen LogP contribution in [0.2, 0.25) is 0 Å². The minimum atomic E-state index is -3.75. The van der Waals surface area contributed by atoms with Crippen LogP contribution in [-0.2, 0) is 14.8 Å². The zero-order valence-corrected chi connectivity index (χ0v) is 21.3. The number of anilines is 1. The first-order valence-corrected chi connectivity index (χ1v) is 13.2. The zero-order chi connectivity index (χ0) is 25.9. The van der Waals surface area contributed by atoms with Gasteiger partial charge in [-0.15, -0.1) is 0 Å². The van der Waals surface area contributed by atoms with Gasteiger partial charge in [0.05, 0.1) is 16.5 Å². The van der Waals surface area contributed by atoms with Gasteiger partial charge in [-0.2, -0.15) is 5.26 Å². The lowest BCUT2D eigenvalue weighted by Crippen LogP contribution is -2.40. The molecule has 4 rings (SSSR count). The molecule has 7 nitrogen and oxygen atoms in total. The Kier molecular flexibility index (Phi) is 7.07. The van der Waals surface area contributed by atoms with Crippen LogP contribution in [0.5, 0.6) is 0 Å². The average molecular weight is 501 g/mol. The molecule has 0 atom stereocenters. The van der Waals surface area contributed by atoms with E-state index in [9.17, 15) is 18.5 Å². The number of hydrogen-bond acceptors (Lipinski definition) is 5. The predicted octanol–water partition coefficient (Wildman–Crippen LogP) is 5.27. The molecule has 184 valence electrons. The summed E-state index contributed by atoms with van der Waals surface area (Å²) >= 11 is 0. The van der Waals surface area contributed by atoms with Crippen LogP contribution >= 0.6 is 0 Å². The van der Waals surface area contributed by atoms with E-state index >= 15 is 0 Å². The summed E-state index contributed by atoms with van der Waals surface area (Å²) < 4.78 is 28.6. The first-order chi connectivity index (χ1) is 17.1. The molecule has 1 aliphatic rings. The standard InChI is InChI=1S/C28H28N4O3S/c1-28(2,3)32-36(34,35)25-13-5-4-10-23(25)21-14-15-26(30-18-21)31-27(33)24-12-7-11-22(24)20-9-6-8-19(16-20)17-29/h4-6,8-10,13-16,18,32H,7,11-12H2,1-3H3,(H,30,31,33). The smallest absolute Gasteiger partial charge is 0.253 e. The second kappa shape index (κ2) is 10.1. The molecule has 0 radical (unpaired) electrons. The highest BCUT2D eigenvalue weighted by Crippen LogP contribution is 2.35. The van der Waals surface area contributed by atoms with Crippen molar-refractivity contribution in [3.8, 4) is 17.2 Å². The van der Waals surface area contributed by atoms with E-state index in [0.717, 1.165) is 24.0 Å². The number of pyridine rings is 1. The number of sulfonamides is 1. The van der Waals surface area contributed by atoms with Gasteiger partial charge in [0.2, 0.25) is 10.0 Å². The maximum atomic E-state index is 13.1. The lowest BCUT2D eigenvalue weighted by Gasteiger charge is -2.21. The summed E-state index contributed by atoms with van der Waals surface area (Å²) in [5.74, 6) is 0.156. The molecule has 0 unspecified atom stereocenters. The molecule has 1 aliphatic carbocycles. The third kappa shape index (κ3) is 5.70. The summed E-state index contributed by atoms with van der Waals surface area (Å²) in [6, 6.07) is 19.6. The number of nitrogens with zero attached hydrogens (tertiary/aromatic N) is 2. The Labute approximate surface area is 211 Å². The van der Waals surface area contributed by atoms with Gasteiger partial charge >= 0.3 is 0 Å². The number of nitrogens with one attached hydrogen (secondary N) is 2. The molecule has 1 amide bonds. The van der Waals surface area contributed by atoms with Crippen molar-refractivity contribution in [2.24, 2.45) is 0 Å². The Balaban J connectivity index is 1.57. The third-order valence-electron chi connectivity index (χ3n) is 5.77. The minimum Gasteiger partial charge on any atom is -0.307 e. The number of hydrogen-bond donors (Lipinski definition) is 2. The molecule has 3 aromatic rings. The van der Waals surface area contributed by atoms with Gasteiger partial charge in [0.1, 0.15) is 5.82 Å². The lowest BCUT2D eigenvalue weighted by molar-refractivity contribution is -0.112. The van der Waals surface area contributed by atoms with Crippen LogP contribution in [0.1, 0.15) is 51.2 Å². The van der Waals surface area contributed by atoms with Crippen LogP contribution < -0.4 is 10.0 Å². The summed E-state index contributed by atoms with van der Waals surface area (Å²) in [6.07, 6.45) is 3.86. The normalized spacial score (nSPS) is 13.9. The Morgan fingerprint density at radius 2 is 1.78 bits per heavy atom. The van der Waals surface area contributed by atoms with Crippen LogP contribution in [0, 0.1) is 11.3 Å². The lowest BCUT2D eigenvalue weighted by atomic mass is 10.00. The maximum absolute atomic E-state index is 13.1. The first-order valence-electron chi connectivity index (χ1n) is 11.7. The number of rotatable bonds is 6. The maximum Gasteiger partial charge on any atom is 0.253 e. The second-order valence-electron chi connectivity index (χ2n) is 9.74. The van der Waals surface area contributed by atoms with Crippen molar-refractivity contribution in [3.63, 3.8) is 0 Å². The van der Waals surface area contributed by atoms with Crippen molar-refractivity contribution >= 4 is 27.3 Å². The molecular weight excluding hydrogens is 472 g/mol. The second-order valence-corrected chi connectivity index (χ2v) is 11.4. The topological polar surface area (TPSA) is 112 Å². The Bertz CT molecular complexity index is 1480. The van der Waals surface area contributed by atoms with E-state index in [4.69, 9.17) is 0 Å². The minimum absolute atomic E-state index is 0.166. The quantitative estimate of drug-likeness (QED) is 0.479. The van der Waals surface area contributed by atoms with E-state index in [-0.39, 0.29) is 10.8 Å². The summed E-state index contributed by atoms with van der Waals surface area (Å²) in [7, 11) is -3.75. The molecule has 2 N–H and O–H groups in total. The van der Waals surface area contributed by atoms with Gasteiger partial charge in [-0.25, -0.2) is 18.1 Å². The van der Waals surface area contributed by atoms with Crippen LogP contribution in [0.4, 0.5) is 5.82 Å². The van der Waals surface area contributed by atoms with Gasteiger partial charge in [0.25, 0.3) is 5.91 Å². The summed E-state index contributed by atoms with van der Waals surface area (Å²) in [5.41, 5.74) is 3.62. The Hall–Kier alpha value is -3.80. The van der Waals surface area contributed by atoms with Crippen molar-refractivity contribution in [2.45, 2.75) is 50.5 Å². The number of nitriles is 1. The van der Waals surface area contributed by atoms with Gasteiger partial charge in [-0.05, 0) is 81.5 Å². The number of aromatic nitrogens is 1. The number of allylic oxidation sites excluding steroid dienone is 1. The molecule has 0 bridgehead atoms. The summed E-state index contributed by atoms with van der Waals surface area (Å²) in [4.78, 5) is 17.6. The molecule has 2 aromatic carbocycles. The van der Waals surface area contributed by atoms with Crippen molar-refractivity contribution in [1.82, 2.24) is 9.71 Å². The fourth-order valence-corrected chi connectivity index (χ4v) is 5.96. The molecule has 0 spiro atoms. The number of benzene rings is 2. The number of carbonyl (C=O) groups is 1. The fourth-order valence-electron chi connectivity index (χ4n) is 4.31. The van der Waals surface area contributed by atoms with Crippen LogP contribution in [0.3, 0.4) is 0 Å². The fraction of sp³-hybridized carbons (Fsp3) is 0.250. The Morgan fingerprint density at radius 1 is 1.00 bits per heavy atom. The molecule has 0 saturated carbocycles. The monoisotopic (exact) mass is 500 g/mol. The van der Waals surface area contributed by atoms with Crippen molar-refractivity contribution in [1.29, 1.82) is 5.26 Å². The van der Waals surface area contributed by atoms with Gasteiger partial charge < -0.3 is 5.32 Å². The first kappa shape index (κ1) is 25.3. The number of amides is 1. The highest BCUT2D eigenvalue weighted by Gasteiger charge is 2.25. The van der Waals surface area contributed by atoms with Crippen LogP contribution in [-0.4, -0.2) is 24.8 Å². The van der Waals surface area contributed by atoms with E-state index in [0.29, 0.717) is 34.5 Å².